The largest absolute Gasteiger partial charge is 0.465 e. The Kier molecular flexibility index (Phi) is 6.17. The topological polar surface area (TPSA) is 92.8 Å². The number of nitrogens with zero attached hydrogens (tertiary/aromatic N) is 1. The van der Waals surface area contributed by atoms with Crippen LogP contribution in [0.2, 0.25) is 0 Å². The van der Waals surface area contributed by atoms with Gasteiger partial charge in [-0.2, -0.15) is 0 Å². The summed E-state index contributed by atoms with van der Waals surface area (Å²) >= 11 is 0. The summed E-state index contributed by atoms with van der Waals surface area (Å²) in [5.41, 5.74) is 1.50. The van der Waals surface area contributed by atoms with Crippen LogP contribution in [0.25, 0.3) is 0 Å². The predicted molar refractivity (Wildman–Crippen MR) is 114 cm³/mol. The van der Waals surface area contributed by atoms with Crippen molar-refractivity contribution in [2.24, 2.45) is 0 Å². The van der Waals surface area contributed by atoms with Gasteiger partial charge in [0.2, 0.25) is 0 Å². The molecule has 0 aliphatic heterocycles. The Morgan fingerprint density at radius 2 is 1.53 bits per heavy atom. The van der Waals surface area contributed by atoms with Gasteiger partial charge in [-0.15, -0.1) is 0 Å². The highest BCUT2D eigenvalue weighted by atomic mass is 32.2. The van der Waals surface area contributed by atoms with Crippen molar-refractivity contribution in [3.05, 3.63) is 90.0 Å². The highest BCUT2D eigenvalue weighted by Gasteiger charge is 2.21. The van der Waals surface area contributed by atoms with Gasteiger partial charge in [-0.25, -0.2) is 13.2 Å². The molecule has 0 fully saturated rings. The zero-order chi connectivity index (χ0) is 21.7. The van der Waals surface area contributed by atoms with Gasteiger partial charge >= 0.3 is 5.97 Å². The van der Waals surface area contributed by atoms with Gasteiger partial charge in [-0.1, -0.05) is 24.3 Å². The molecule has 7 nitrogen and oxygen atoms in total. The molecule has 0 spiro atoms. The summed E-state index contributed by atoms with van der Waals surface area (Å²) in [7, 11) is -1.02. The van der Waals surface area contributed by atoms with Crippen LogP contribution in [-0.2, 0) is 14.8 Å². The first-order valence-corrected chi connectivity index (χ1v) is 10.4. The van der Waals surface area contributed by atoms with Crippen LogP contribution in [-0.4, -0.2) is 34.5 Å². The third-order valence-electron chi connectivity index (χ3n) is 4.44. The molecule has 0 radical (unpaired) electrons. The van der Waals surface area contributed by atoms with Crippen molar-refractivity contribution in [1.29, 1.82) is 0 Å². The van der Waals surface area contributed by atoms with Crippen LogP contribution in [0.3, 0.4) is 0 Å². The molecule has 154 valence electrons. The number of nitrogens with one attached hydrogen (secondary N) is 1. The van der Waals surface area contributed by atoms with E-state index in [1.807, 2.05) is 0 Å². The summed E-state index contributed by atoms with van der Waals surface area (Å²) < 4.78 is 31.4. The fourth-order valence-corrected chi connectivity index (χ4v) is 3.95. The Balaban J connectivity index is 1.79. The number of carbonyl (C=O) groups is 2. The minimum absolute atomic E-state index is 0.160. The van der Waals surface area contributed by atoms with Gasteiger partial charge in [0, 0.05) is 18.3 Å². The van der Waals surface area contributed by atoms with Crippen molar-refractivity contribution in [2.45, 2.75) is 4.90 Å². The van der Waals surface area contributed by atoms with Crippen LogP contribution in [0, 0.1) is 0 Å². The minimum Gasteiger partial charge on any atom is -0.465 e. The fraction of sp³-hybridized carbons (Fsp3) is 0.0909. The monoisotopic (exact) mass is 424 g/mol. The summed E-state index contributed by atoms with van der Waals surface area (Å²) in [5.74, 6) is -0.878. The van der Waals surface area contributed by atoms with Crippen molar-refractivity contribution in [1.82, 2.24) is 0 Å². The second kappa shape index (κ2) is 8.79. The summed E-state index contributed by atoms with van der Waals surface area (Å²) in [6.45, 7) is 0. The van der Waals surface area contributed by atoms with E-state index in [1.54, 1.807) is 48.5 Å². The third-order valence-corrected chi connectivity index (χ3v) is 6.24. The van der Waals surface area contributed by atoms with Crippen LogP contribution < -0.4 is 9.62 Å². The van der Waals surface area contributed by atoms with E-state index < -0.39 is 21.9 Å². The van der Waals surface area contributed by atoms with Crippen LogP contribution in [0.5, 0.6) is 0 Å². The lowest BCUT2D eigenvalue weighted by molar-refractivity contribution is 0.0600. The number of carbonyl (C=O) groups excluding carboxylic acids is 2. The van der Waals surface area contributed by atoms with Crippen LogP contribution in [0.4, 0.5) is 11.4 Å². The fourth-order valence-electron chi connectivity index (χ4n) is 2.74. The molecule has 0 saturated carbocycles. The molecule has 0 aliphatic rings. The third kappa shape index (κ3) is 4.49. The molecule has 0 atom stereocenters. The van der Waals surface area contributed by atoms with E-state index in [9.17, 15) is 18.0 Å². The lowest BCUT2D eigenvalue weighted by Gasteiger charge is -2.20. The number of hydrogen-bond donors (Lipinski definition) is 1. The molecule has 1 amide bonds. The number of esters is 1. The number of benzene rings is 3. The van der Waals surface area contributed by atoms with E-state index in [2.05, 4.69) is 10.1 Å². The standard InChI is InChI=1S/C22H20N2O5S/c1-24(30(27,28)20-9-4-3-5-10-20)19-8-6-7-17(15-19)21(25)23-18-13-11-16(12-14-18)22(26)29-2/h3-15H,1-2H3,(H,23,25). The van der Waals surface area contributed by atoms with E-state index in [1.165, 1.54) is 44.5 Å². The Bertz CT molecular complexity index is 1160. The van der Waals surface area contributed by atoms with Crippen LogP contribution in [0.15, 0.2) is 83.8 Å². The van der Waals surface area contributed by atoms with Crippen molar-refractivity contribution in [2.75, 3.05) is 23.8 Å². The second-order valence-corrected chi connectivity index (χ2v) is 8.33. The first-order valence-electron chi connectivity index (χ1n) is 8.96. The maximum atomic E-state index is 12.8. The molecule has 30 heavy (non-hydrogen) atoms. The van der Waals surface area contributed by atoms with Gasteiger partial charge in [-0.05, 0) is 54.6 Å². The highest BCUT2D eigenvalue weighted by Crippen LogP contribution is 2.23. The quantitative estimate of drug-likeness (QED) is 0.611. The van der Waals surface area contributed by atoms with E-state index in [0.717, 1.165) is 4.31 Å². The Morgan fingerprint density at radius 3 is 2.17 bits per heavy atom. The van der Waals surface area contributed by atoms with Crippen LogP contribution >= 0.6 is 0 Å². The molecule has 1 N–H and O–H groups in total. The smallest absolute Gasteiger partial charge is 0.337 e. The molecule has 0 bridgehead atoms. The lowest BCUT2D eigenvalue weighted by atomic mass is 10.1. The normalized spacial score (nSPS) is 10.9. The number of sulfonamides is 1. The maximum Gasteiger partial charge on any atom is 0.337 e. The van der Waals surface area contributed by atoms with E-state index in [-0.39, 0.29) is 4.90 Å². The van der Waals surface area contributed by atoms with Crippen molar-refractivity contribution >= 4 is 33.3 Å². The molecule has 0 saturated heterocycles. The van der Waals surface area contributed by atoms with Crippen molar-refractivity contribution in [3.63, 3.8) is 0 Å². The molecular weight excluding hydrogens is 404 g/mol. The van der Waals surface area contributed by atoms with Gasteiger partial charge < -0.3 is 10.1 Å². The zero-order valence-electron chi connectivity index (χ0n) is 16.4. The van der Waals surface area contributed by atoms with E-state index >= 15 is 0 Å². The summed E-state index contributed by atoms with van der Waals surface area (Å²) in [4.78, 5) is 24.3. The van der Waals surface area contributed by atoms with Gasteiger partial charge in [0.25, 0.3) is 15.9 Å². The molecule has 8 heteroatoms. The van der Waals surface area contributed by atoms with Gasteiger partial charge in [0.1, 0.15) is 0 Å². The predicted octanol–water partition coefficient (Wildman–Crippen LogP) is 3.55. The average Bonchev–Trinajstić information content (AvgIpc) is 2.79. The molecule has 0 heterocycles. The Hall–Kier alpha value is -3.65. The highest BCUT2D eigenvalue weighted by molar-refractivity contribution is 7.92. The second-order valence-electron chi connectivity index (χ2n) is 6.36. The van der Waals surface area contributed by atoms with Crippen molar-refractivity contribution < 1.29 is 22.7 Å². The number of ether oxygens (including phenoxy) is 1. The van der Waals surface area contributed by atoms with Gasteiger partial charge in [0.05, 0.1) is 23.3 Å². The molecule has 0 aliphatic carbocycles. The van der Waals surface area contributed by atoms with Gasteiger partial charge in [-0.3, -0.25) is 9.10 Å². The summed E-state index contributed by atoms with van der Waals surface area (Å²) in [5, 5.41) is 2.72. The molecule has 3 aromatic carbocycles. The Labute approximate surface area is 175 Å². The first kappa shape index (κ1) is 21.1. The molecule has 0 aromatic heterocycles. The Morgan fingerprint density at radius 1 is 0.867 bits per heavy atom. The minimum atomic E-state index is -3.75. The van der Waals surface area contributed by atoms with Gasteiger partial charge in [0.15, 0.2) is 0 Å². The molecule has 3 aromatic rings. The zero-order valence-corrected chi connectivity index (χ0v) is 17.2. The summed E-state index contributed by atoms with van der Waals surface area (Å²) in [6, 6.07) is 20.6. The molecule has 0 unspecified atom stereocenters. The molecule has 3 rings (SSSR count). The number of rotatable bonds is 6. The van der Waals surface area contributed by atoms with Crippen LogP contribution in [0.1, 0.15) is 20.7 Å². The molecular formula is C22H20N2O5S. The average molecular weight is 424 g/mol. The number of amides is 1. The summed E-state index contributed by atoms with van der Waals surface area (Å²) in [6.07, 6.45) is 0. The number of methoxy groups -OCH3 is 1. The van der Waals surface area contributed by atoms with E-state index in [4.69, 9.17) is 0 Å². The van der Waals surface area contributed by atoms with Crippen molar-refractivity contribution in [3.8, 4) is 0 Å². The van der Waals surface area contributed by atoms with E-state index in [0.29, 0.717) is 22.5 Å². The SMILES string of the molecule is COC(=O)c1ccc(NC(=O)c2cccc(N(C)S(=O)(=O)c3ccccc3)c2)cc1. The maximum absolute atomic E-state index is 12.8. The first-order chi connectivity index (χ1) is 14.3. The number of hydrogen-bond acceptors (Lipinski definition) is 5. The lowest BCUT2D eigenvalue weighted by Crippen LogP contribution is -2.26. The number of anilines is 2.